The van der Waals surface area contributed by atoms with Gasteiger partial charge in [-0.15, -0.1) is 11.6 Å². The van der Waals surface area contributed by atoms with E-state index >= 15 is 0 Å². The first-order chi connectivity index (χ1) is 7.06. The Bertz CT molecular complexity index is 250. The lowest BCUT2D eigenvalue weighted by atomic mass is 10.0. The van der Waals surface area contributed by atoms with Crippen molar-refractivity contribution in [2.45, 2.75) is 44.6 Å². The fourth-order valence-electron chi connectivity index (χ4n) is 1.86. The number of amides is 3. The van der Waals surface area contributed by atoms with Crippen LogP contribution in [0.2, 0.25) is 0 Å². The highest BCUT2D eigenvalue weighted by Gasteiger charge is 2.30. The van der Waals surface area contributed by atoms with Gasteiger partial charge in [0.25, 0.3) is 0 Å². The molecule has 1 saturated carbocycles. The standard InChI is InChI=1S/C10H17ClN2O2/c1-10(5-2-3-6-10)13-9(15)12-8(14)4-7-11/h2-7H2,1H3,(H2,12,13,14,15). The van der Waals surface area contributed by atoms with Crippen molar-refractivity contribution >= 4 is 23.5 Å². The Kier molecular flexibility index (Phi) is 4.39. The van der Waals surface area contributed by atoms with Crippen LogP contribution in [0.15, 0.2) is 0 Å². The number of rotatable bonds is 3. The number of halogens is 1. The summed E-state index contributed by atoms with van der Waals surface area (Å²) in [4.78, 5) is 22.5. The Morgan fingerprint density at radius 2 is 1.93 bits per heavy atom. The maximum Gasteiger partial charge on any atom is 0.321 e. The minimum Gasteiger partial charge on any atom is -0.333 e. The Balaban J connectivity index is 2.32. The molecule has 1 rings (SSSR count). The molecule has 0 bridgehead atoms. The van der Waals surface area contributed by atoms with Crippen LogP contribution in [0, 0.1) is 0 Å². The molecule has 0 aromatic heterocycles. The van der Waals surface area contributed by atoms with Crippen LogP contribution in [-0.2, 0) is 4.79 Å². The van der Waals surface area contributed by atoms with Gasteiger partial charge >= 0.3 is 6.03 Å². The van der Waals surface area contributed by atoms with Crippen LogP contribution < -0.4 is 10.6 Å². The summed E-state index contributed by atoms with van der Waals surface area (Å²) in [6, 6.07) is -0.408. The monoisotopic (exact) mass is 232 g/mol. The highest BCUT2D eigenvalue weighted by atomic mass is 35.5. The van der Waals surface area contributed by atoms with Gasteiger partial charge in [-0.05, 0) is 19.8 Å². The van der Waals surface area contributed by atoms with Gasteiger partial charge in [-0.1, -0.05) is 12.8 Å². The summed E-state index contributed by atoms with van der Waals surface area (Å²) in [5.74, 6) is -0.0970. The molecule has 0 aromatic carbocycles. The number of alkyl halides is 1. The number of hydrogen-bond acceptors (Lipinski definition) is 2. The number of nitrogens with one attached hydrogen (secondary N) is 2. The lowest BCUT2D eigenvalue weighted by molar-refractivity contribution is -0.119. The predicted molar refractivity (Wildman–Crippen MR) is 58.9 cm³/mol. The maximum absolute atomic E-state index is 11.4. The van der Waals surface area contributed by atoms with Gasteiger partial charge in [-0.3, -0.25) is 10.1 Å². The van der Waals surface area contributed by atoms with Gasteiger partial charge in [0, 0.05) is 17.8 Å². The van der Waals surface area contributed by atoms with Gasteiger partial charge in [-0.25, -0.2) is 4.79 Å². The van der Waals surface area contributed by atoms with Crippen LogP contribution in [0.25, 0.3) is 0 Å². The minimum atomic E-state index is -0.408. The minimum absolute atomic E-state index is 0.147. The molecule has 5 heteroatoms. The Morgan fingerprint density at radius 3 is 2.47 bits per heavy atom. The molecule has 1 aliphatic carbocycles. The fourth-order valence-corrected chi connectivity index (χ4v) is 2.03. The maximum atomic E-state index is 11.4. The zero-order valence-corrected chi connectivity index (χ0v) is 9.69. The average Bonchev–Trinajstić information content (AvgIpc) is 2.51. The SMILES string of the molecule is CC1(NC(=O)NC(=O)CCCl)CCCC1. The van der Waals surface area contributed by atoms with Crippen molar-refractivity contribution in [3.05, 3.63) is 0 Å². The lowest BCUT2D eigenvalue weighted by Crippen LogP contribution is -2.50. The molecule has 0 unspecified atom stereocenters. The second-order valence-corrected chi connectivity index (χ2v) is 4.59. The molecule has 1 fully saturated rings. The van der Waals surface area contributed by atoms with Crippen molar-refractivity contribution in [2.75, 3.05) is 5.88 Å². The summed E-state index contributed by atoms with van der Waals surface area (Å²) in [5, 5.41) is 5.09. The summed E-state index contributed by atoms with van der Waals surface area (Å²) < 4.78 is 0. The molecule has 0 saturated heterocycles. The molecule has 15 heavy (non-hydrogen) atoms. The summed E-state index contributed by atoms with van der Waals surface area (Å²) in [6.45, 7) is 2.01. The molecule has 0 radical (unpaired) electrons. The van der Waals surface area contributed by atoms with Crippen molar-refractivity contribution < 1.29 is 9.59 Å². The summed E-state index contributed by atoms with van der Waals surface area (Å²) >= 11 is 5.38. The molecule has 4 nitrogen and oxygen atoms in total. The van der Waals surface area contributed by atoms with Gasteiger partial charge in [0.05, 0.1) is 0 Å². The van der Waals surface area contributed by atoms with Crippen LogP contribution in [0.1, 0.15) is 39.0 Å². The molecule has 0 spiro atoms. The first-order valence-corrected chi connectivity index (χ1v) is 5.77. The van der Waals surface area contributed by atoms with E-state index in [1.54, 1.807) is 0 Å². The van der Waals surface area contributed by atoms with Crippen LogP contribution in [0.3, 0.4) is 0 Å². The summed E-state index contributed by atoms with van der Waals surface area (Å²) in [7, 11) is 0. The molecule has 0 atom stereocenters. The second-order valence-electron chi connectivity index (χ2n) is 4.21. The van der Waals surface area contributed by atoms with E-state index in [9.17, 15) is 9.59 Å². The van der Waals surface area contributed by atoms with Crippen LogP contribution >= 0.6 is 11.6 Å². The Morgan fingerprint density at radius 1 is 1.33 bits per heavy atom. The number of carbonyl (C=O) groups excluding carboxylic acids is 2. The van der Waals surface area contributed by atoms with Gasteiger partial charge in [0.15, 0.2) is 0 Å². The predicted octanol–water partition coefficient (Wildman–Crippen LogP) is 1.77. The Hall–Kier alpha value is -0.770. The normalized spacial score (nSPS) is 18.5. The zero-order chi connectivity index (χ0) is 11.3. The van der Waals surface area contributed by atoms with Crippen molar-refractivity contribution in [1.29, 1.82) is 0 Å². The third kappa shape index (κ3) is 4.08. The molecule has 0 aliphatic heterocycles. The fraction of sp³-hybridized carbons (Fsp3) is 0.800. The molecule has 0 heterocycles. The summed E-state index contributed by atoms with van der Waals surface area (Å²) in [6.07, 6.45) is 4.39. The first-order valence-electron chi connectivity index (χ1n) is 5.24. The van der Waals surface area contributed by atoms with E-state index in [0.29, 0.717) is 0 Å². The topological polar surface area (TPSA) is 58.2 Å². The van der Waals surface area contributed by atoms with E-state index in [0.717, 1.165) is 25.7 Å². The number of carbonyl (C=O) groups is 2. The van der Waals surface area contributed by atoms with Crippen molar-refractivity contribution in [3.63, 3.8) is 0 Å². The highest BCUT2D eigenvalue weighted by Crippen LogP contribution is 2.28. The number of urea groups is 1. The second kappa shape index (κ2) is 5.35. The van der Waals surface area contributed by atoms with Gasteiger partial charge in [0.2, 0.25) is 5.91 Å². The van der Waals surface area contributed by atoms with Crippen LogP contribution in [0.5, 0.6) is 0 Å². The van der Waals surface area contributed by atoms with E-state index in [4.69, 9.17) is 11.6 Å². The number of imide groups is 1. The van der Waals surface area contributed by atoms with Crippen molar-refractivity contribution in [3.8, 4) is 0 Å². The number of hydrogen-bond donors (Lipinski definition) is 2. The van der Waals surface area contributed by atoms with Crippen molar-refractivity contribution in [1.82, 2.24) is 10.6 Å². The van der Waals surface area contributed by atoms with E-state index in [2.05, 4.69) is 10.6 Å². The first kappa shape index (κ1) is 12.3. The third-order valence-electron chi connectivity index (χ3n) is 2.70. The van der Waals surface area contributed by atoms with Gasteiger partial charge < -0.3 is 5.32 Å². The van der Waals surface area contributed by atoms with Crippen LogP contribution in [-0.4, -0.2) is 23.4 Å². The van der Waals surface area contributed by atoms with Crippen LogP contribution in [0.4, 0.5) is 4.79 Å². The van der Waals surface area contributed by atoms with E-state index in [1.807, 2.05) is 6.92 Å². The Labute approximate surface area is 94.7 Å². The quantitative estimate of drug-likeness (QED) is 0.729. The molecule has 0 aromatic rings. The average molecular weight is 233 g/mol. The largest absolute Gasteiger partial charge is 0.333 e. The molecular weight excluding hydrogens is 216 g/mol. The molecule has 3 amide bonds. The van der Waals surface area contributed by atoms with E-state index < -0.39 is 6.03 Å². The molecular formula is C10H17ClN2O2. The summed E-state index contributed by atoms with van der Waals surface area (Å²) in [5.41, 5.74) is -0.147. The smallest absolute Gasteiger partial charge is 0.321 e. The van der Waals surface area contributed by atoms with E-state index in [-0.39, 0.29) is 23.7 Å². The lowest BCUT2D eigenvalue weighted by Gasteiger charge is -2.24. The zero-order valence-electron chi connectivity index (χ0n) is 8.94. The molecule has 86 valence electrons. The van der Waals surface area contributed by atoms with Gasteiger partial charge in [-0.2, -0.15) is 0 Å². The third-order valence-corrected chi connectivity index (χ3v) is 2.89. The molecule has 1 aliphatic rings. The van der Waals surface area contributed by atoms with E-state index in [1.165, 1.54) is 0 Å². The highest BCUT2D eigenvalue weighted by molar-refractivity contribution is 6.19. The van der Waals surface area contributed by atoms with Gasteiger partial charge in [0.1, 0.15) is 0 Å². The van der Waals surface area contributed by atoms with Crippen molar-refractivity contribution in [2.24, 2.45) is 0 Å². The molecule has 2 N–H and O–H groups in total.